The first-order valence-electron chi connectivity index (χ1n) is 4.83. The highest BCUT2D eigenvalue weighted by molar-refractivity contribution is 9.14. The van der Waals surface area contributed by atoms with E-state index >= 15 is 0 Å². The van der Waals surface area contributed by atoms with Gasteiger partial charge in [-0.3, -0.25) is 5.32 Å². The van der Waals surface area contributed by atoms with Crippen LogP contribution >= 0.6 is 47.8 Å². The fourth-order valence-electron chi connectivity index (χ4n) is 1.05. The summed E-state index contributed by atoms with van der Waals surface area (Å²) in [5, 5.41) is 2.67. The minimum Gasteiger partial charge on any atom is -0.444 e. The number of carbonyl (C=O) groups excluding carboxylic acids is 1. The lowest BCUT2D eigenvalue weighted by atomic mass is 10.2. The summed E-state index contributed by atoms with van der Waals surface area (Å²) in [7, 11) is 0. The van der Waals surface area contributed by atoms with Crippen LogP contribution in [-0.2, 0) is 4.74 Å². The van der Waals surface area contributed by atoms with Gasteiger partial charge >= 0.3 is 6.09 Å². The van der Waals surface area contributed by atoms with E-state index in [2.05, 4.69) is 53.1 Å². The SMILES string of the molecule is CC(C)(C)OC(=O)Nc1cc(Br)c(Br)c(Br)c1. The van der Waals surface area contributed by atoms with Crippen LogP contribution in [0.1, 0.15) is 20.8 Å². The molecule has 17 heavy (non-hydrogen) atoms. The molecule has 0 aromatic heterocycles. The molecule has 0 saturated carbocycles. The molecular formula is C11H12Br3NO2. The molecule has 1 rings (SSSR count). The zero-order valence-electron chi connectivity index (χ0n) is 9.61. The molecular weight excluding hydrogens is 418 g/mol. The highest BCUT2D eigenvalue weighted by Gasteiger charge is 2.16. The molecule has 1 aromatic carbocycles. The lowest BCUT2D eigenvalue weighted by Gasteiger charge is -2.19. The Labute approximate surface area is 126 Å². The number of carbonyl (C=O) groups is 1. The second-order valence-corrected chi connectivity index (χ2v) is 6.88. The van der Waals surface area contributed by atoms with Gasteiger partial charge in [-0.15, -0.1) is 0 Å². The van der Waals surface area contributed by atoms with Crippen molar-refractivity contribution in [2.75, 3.05) is 5.32 Å². The average Bonchev–Trinajstić information content (AvgIpc) is 2.10. The zero-order valence-corrected chi connectivity index (χ0v) is 14.4. The van der Waals surface area contributed by atoms with E-state index in [1.54, 1.807) is 12.1 Å². The fraction of sp³-hybridized carbons (Fsp3) is 0.364. The molecule has 3 nitrogen and oxygen atoms in total. The summed E-state index contributed by atoms with van der Waals surface area (Å²) in [6.45, 7) is 5.46. The van der Waals surface area contributed by atoms with Gasteiger partial charge < -0.3 is 4.74 Å². The number of nitrogens with one attached hydrogen (secondary N) is 1. The number of anilines is 1. The summed E-state index contributed by atoms with van der Waals surface area (Å²) >= 11 is 10.1. The van der Waals surface area contributed by atoms with Crippen molar-refractivity contribution in [2.24, 2.45) is 0 Å². The van der Waals surface area contributed by atoms with E-state index in [0.717, 1.165) is 13.4 Å². The molecule has 0 aliphatic carbocycles. The van der Waals surface area contributed by atoms with Crippen LogP contribution in [0.25, 0.3) is 0 Å². The van der Waals surface area contributed by atoms with E-state index in [0.29, 0.717) is 5.69 Å². The van der Waals surface area contributed by atoms with Gasteiger partial charge in [-0.2, -0.15) is 0 Å². The van der Waals surface area contributed by atoms with Crippen LogP contribution in [-0.4, -0.2) is 11.7 Å². The molecule has 0 radical (unpaired) electrons. The molecule has 0 bridgehead atoms. The van der Waals surface area contributed by atoms with Gasteiger partial charge in [0.25, 0.3) is 0 Å². The van der Waals surface area contributed by atoms with Crippen LogP contribution in [0.15, 0.2) is 25.6 Å². The average molecular weight is 430 g/mol. The van der Waals surface area contributed by atoms with E-state index in [1.807, 2.05) is 20.8 Å². The van der Waals surface area contributed by atoms with Crippen molar-refractivity contribution in [2.45, 2.75) is 26.4 Å². The number of amides is 1. The van der Waals surface area contributed by atoms with Gasteiger partial charge in [0.2, 0.25) is 0 Å². The Morgan fingerprint density at radius 2 is 1.65 bits per heavy atom. The van der Waals surface area contributed by atoms with Crippen LogP contribution in [0.4, 0.5) is 10.5 Å². The molecule has 0 atom stereocenters. The van der Waals surface area contributed by atoms with Gasteiger partial charge in [0.1, 0.15) is 5.60 Å². The summed E-state index contributed by atoms with van der Waals surface area (Å²) in [6.07, 6.45) is -0.473. The summed E-state index contributed by atoms with van der Waals surface area (Å²) < 4.78 is 7.75. The standard InChI is InChI=1S/C11H12Br3NO2/c1-11(2,3)17-10(16)15-6-4-7(12)9(14)8(13)5-6/h4-5H,1-3H3,(H,15,16). The Bertz CT molecular complexity index is 418. The topological polar surface area (TPSA) is 38.3 Å². The van der Waals surface area contributed by atoms with Gasteiger partial charge in [0.15, 0.2) is 0 Å². The van der Waals surface area contributed by atoms with Gasteiger partial charge in [0.05, 0.1) is 0 Å². The van der Waals surface area contributed by atoms with Crippen molar-refractivity contribution in [3.8, 4) is 0 Å². The highest BCUT2D eigenvalue weighted by Crippen LogP contribution is 2.34. The molecule has 0 fully saturated rings. The van der Waals surface area contributed by atoms with Gasteiger partial charge in [0, 0.05) is 19.1 Å². The molecule has 0 unspecified atom stereocenters. The van der Waals surface area contributed by atoms with E-state index in [9.17, 15) is 4.79 Å². The monoisotopic (exact) mass is 427 g/mol. The lowest BCUT2D eigenvalue weighted by Crippen LogP contribution is -2.27. The first-order chi connectivity index (χ1) is 7.69. The third kappa shape index (κ3) is 4.97. The Morgan fingerprint density at radius 3 is 2.06 bits per heavy atom. The largest absolute Gasteiger partial charge is 0.444 e. The number of hydrogen-bond donors (Lipinski definition) is 1. The fourth-order valence-corrected chi connectivity index (χ4v) is 2.46. The quantitative estimate of drug-likeness (QED) is 0.613. The predicted molar refractivity (Wildman–Crippen MR) is 79.4 cm³/mol. The summed E-state index contributed by atoms with van der Waals surface area (Å²) in [5.41, 5.74) is 0.148. The van der Waals surface area contributed by atoms with E-state index < -0.39 is 11.7 Å². The Hall–Kier alpha value is -0.0700. The molecule has 94 valence electrons. The number of benzene rings is 1. The number of halogens is 3. The molecule has 0 heterocycles. The minimum absolute atomic E-state index is 0.473. The predicted octanol–water partition coefficient (Wildman–Crippen LogP) is 5.32. The van der Waals surface area contributed by atoms with E-state index in [-0.39, 0.29) is 0 Å². The number of ether oxygens (including phenoxy) is 1. The van der Waals surface area contributed by atoms with Crippen LogP contribution in [0.2, 0.25) is 0 Å². The molecule has 1 aromatic rings. The third-order valence-electron chi connectivity index (χ3n) is 1.63. The molecule has 1 N–H and O–H groups in total. The smallest absolute Gasteiger partial charge is 0.412 e. The summed E-state index contributed by atoms with van der Waals surface area (Å²) in [6, 6.07) is 3.58. The Kier molecular flexibility index (Phi) is 5.04. The van der Waals surface area contributed by atoms with E-state index in [1.165, 1.54) is 0 Å². The Balaban J connectivity index is 2.79. The Morgan fingerprint density at radius 1 is 1.18 bits per heavy atom. The van der Waals surface area contributed by atoms with Crippen molar-refractivity contribution in [3.63, 3.8) is 0 Å². The maximum absolute atomic E-state index is 11.6. The summed E-state index contributed by atoms with van der Waals surface area (Å²) in [4.78, 5) is 11.6. The molecule has 6 heteroatoms. The van der Waals surface area contributed by atoms with Gasteiger partial charge in [-0.05, 0) is 80.7 Å². The summed E-state index contributed by atoms with van der Waals surface area (Å²) in [5.74, 6) is 0. The third-order valence-corrected chi connectivity index (χ3v) is 4.80. The van der Waals surface area contributed by atoms with Crippen molar-refractivity contribution in [3.05, 3.63) is 25.6 Å². The maximum atomic E-state index is 11.6. The number of rotatable bonds is 1. The second kappa shape index (κ2) is 5.71. The van der Waals surface area contributed by atoms with Crippen molar-refractivity contribution >= 4 is 59.6 Å². The van der Waals surface area contributed by atoms with Crippen molar-refractivity contribution in [1.29, 1.82) is 0 Å². The first kappa shape index (κ1) is 15.0. The molecule has 0 aliphatic rings. The van der Waals surface area contributed by atoms with Crippen LogP contribution in [0.5, 0.6) is 0 Å². The van der Waals surface area contributed by atoms with Gasteiger partial charge in [-0.1, -0.05) is 0 Å². The zero-order chi connectivity index (χ0) is 13.2. The first-order valence-corrected chi connectivity index (χ1v) is 7.21. The van der Waals surface area contributed by atoms with Crippen LogP contribution < -0.4 is 5.32 Å². The lowest BCUT2D eigenvalue weighted by molar-refractivity contribution is 0.0636. The molecule has 1 amide bonds. The van der Waals surface area contributed by atoms with Crippen LogP contribution in [0.3, 0.4) is 0 Å². The van der Waals surface area contributed by atoms with Gasteiger partial charge in [-0.25, -0.2) is 4.79 Å². The minimum atomic E-state index is -0.506. The molecule has 0 aliphatic heterocycles. The number of hydrogen-bond acceptors (Lipinski definition) is 2. The highest BCUT2D eigenvalue weighted by atomic mass is 79.9. The maximum Gasteiger partial charge on any atom is 0.412 e. The van der Waals surface area contributed by atoms with Crippen molar-refractivity contribution < 1.29 is 9.53 Å². The second-order valence-electron chi connectivity index (χ2n) is 4.38. The van der Waals surface area contributed by atoms with Crippen LogP contribution in [0, 0.1) is 0 Å². The molecule has 0 saturated heterocycles. The van der Waals surface area contributed by atoms with E-state index in [4.69, 9.17) is 4.74 Å². The van der Waals surface area contributed by atoms with Crippen molar-refractivity contribution in [1.82, 2.24) is 0 Å². The molecule has 0 spiro atoms. The normalized spacial score (nSPS) is 11.2.